The number of amides is 5. The SMILES string of the molecule is Cc1c(F)cc(C(=O)NC2CC2)cc1-c1ccc(C(=O)NCc2ccccc2)cc1C(=O)Nc1nccs1.Cc1c(F)cc(C(=O)NC2CC2)cc1-c1ccc(C(=O)O)cc1C(=O)Nc1nccs1. The average molecular weight is 968 g/mol. The van der Waals surface area contributed by atoms with Crippen molar-refractivity contribution in [1.82, 2.24) is 25.9 Å². The summed E-state index contributed by atoms with van der Waals surface area (Å²) in [5.74, 6) is -4.54. The molecule has 0 saturated heterocycles. The Hall–Kier alpha value is -7.96. The van der Waals surface area contributed by atoms with Crippen LogP contribution in [0.15, 0.2) is 114 Å². The molecule has 2 aromatic heterocycles. The summed E-state index contributed by atoms with van der Waals surface area (Å²) in [7, 11) is 0. The number of thiazole rings is 2. The van der Waals surface area contributed by atoms with Crippen LogP contribution in [0, 0.1) is 25.5 Å². The van der Waals surface area contributed by atoms with Gasteiger partial charge in [0.15, 0.2) is 10.3 Å². The highest BCUT2D eigenvalue weighted by Gasteiger charge is 2.28. The second-order valence-electron chi connectivity index (χ2n) is 16.3. The van der Waals surface area contributed by atoms with Crippen LogP contribution < -0.4 is 26.6 Å². The zero-order valence-electron chi connectivity index (χ0n) is 37.0. The van der Waals surface area contributed by atoms with Crippen molar-refractivity contribution in [2.24, 2.45) is 0 Å². The molecule has 2 aliphatic carbocycles. The Morgan fingerprint density at radius 2 is 1.03 bits per heavy atom. The van der Waals surface area contributed by atoms with E-state index >= 15 is 0 Å². The third-order valence-corrected chi connectivity index (χ3v) is 12.6. The number of hydrogen-bond donors (Lipinski definition) is 6. The van der Waals surface area contributed by atoms with Crippen molar-refractivity contribution >= 4 is 68.4 Å². The number of aromatic nitrogens is 2. The third kappa shape index (κ3) is 11.8. The summed E-state index contributed by atoms with van der Waals surface area (Å²) in [4.78, 5) is 84.0. The van der Waals surface area contributed by atoms with Gasteiger partial charge in [-0.05, 0) is 127 Å². The zero-order valence-corrected chi connectivity index (χ0v) is 38.7. The van der Waals surface area contributed by atoms with E-state index in [1.807, 2.05) is 30.3 Å². The number of rotatable bonds is 14. The Labute approximate surface area is 402 Å². The lowest BCUT2D eigenvalue weighted by Crippen LogP contribution is -2.25. The second kappa shape index (κ2) is 20.9. The van der Waals surface area contributed by atoms with Crippen molar-refractivity contribution in [1.29, 1.82) is 0 Å². The lowest BCUT2D eigenvalue weighted by atomic mass is 9.92. The first kappa shape index (κ1) is 47.5. The number of carbonyl (C=O) groups is 6. The van der Waals surface area contributed by atoms with E-state index in [0.29, 0.717) is 39.1 Å². The van der Waals surface area contributed by atoms with Crippen LogP contribution in [-0.4, -0.2) is 62.7 Å². The van der Waals surface area contributed by atoms with Crippen LogP contribution in [0.5, 0.6) is 0 Å². The summed E-state index contributed by atoms with van der Waals surface area (Å²) < 4.78 is 29.7. The van der Waals surface area contributed by atoms with Gasteiger partial charge < -0.3 is 21.1 Å². The molecule has 2 aliphatic rings. The van der Waals surface area contributed by atoms with E-state index < -0.39 is 35.3 Å². The van der Waals surface area contributed by atoms with Crippen LogP contribution in [0.25, 0.3) is 22.3 Å². The highest BCUT2D eigenvalue weighted by atomic mass is 32.1. The molecule has 18 heteroatoms. The predicted molar refractivity (Wildman–Crippen MR) is 259 cm³/mol. The van der Waals surface area contributed by atoms with E-state index in [-0.39, 0.29) is 68.4 Å². The smallest absolute Gasteiger partial charge is 0.335 e. The Morgan fingerprint density at radius 1 is 0.565 bits per heavy atom. The topological polar surface area (TPSA) is 209 Å². The molecule has 2 heterocycles. The van der Waals surface area contributed by atoms with Crippen molar-refractivity contribution < 1.29 is 42.7 Å². The van der Waals surface area contributed by atoms with Gasteiger partial charge in [0.2, 0.25) is 0 Å². The maximum Gasteiger partial charge on any atom is 0.335 e. The Bertz CT molecular complexity index is 3110. The molecule has 0 radical (unpaired) electrons. The van der Waals surface area contributed by atoms with Crippen molar-refractivity contribution in [3.05, 3.63) is 176 Å². The Balaban J connectivity index is 0.000000190. The van der Waals surface area contributed by atoms with E-state index in [1.165, 1.54) is 65.3 Å². The van der Waals surface area contributed by atoms with Crippen LogP contribution in [-0.2, 0) is 6.54 Å². The molecule has 2 saturated carbocycles. The molecular weight excluding hydrogens is 925 g/mol. The number of carboxylic acid groups (broad SMARTS) is 1. The van der Waals surface area contributed by atoms with Crippen LogP contribution in [0.2, 0.25) is 0 Å². The van der Waals surface area contributed by atoms with Crippen LogP contribution in [0.1, 0.15) is 105 Å². The van der Waals surface area contributed by atoms with E-state index in [1.54, 1.807) is 49.0 Å². The number of benzene rings is 5. The molecule has 0 bridgehead atoms. The summed E-state index contributed by atoms with van der Waals surface area (Å²) in [6.45, 7) is 3.46. The van der Waals surface area contributed by atoms with Crippen LogP contribution >= 0.6 is 22.7 Å². The van der Waals surface area contributed by atoms with Crippen molar-refractivity contribution in [2.45, 2.75) is 58.2 Å². The molecule has 7 aromatic rings. The largest absolute Gasteiger partial charge is 0.478 e. The molecular formula is C51H43F2N7O7S2. The van der Waals surface area contributed by atoms with Gasteiger partial charge in [0, 0.05) is 69.6 Å². The summed E-state index contributed by atoms with van der Waals surface area (Å²) in [6, 6.07) is 23.9. The standard InChI is InChI=1S/C29H25FN4O3S.C22H18FN3O4S/c1-17-23(14-20(15-25(17)30)27(36)33-21-8-9-21)22-10-7-19(26(35)32-16-18-5-3-2-4-6-18)13-24(22)28(37)34-29-31-11-12-38-29;1-11-16(9-13(10-18(11)23)19(27)25-14-3-4-14)15-5-2-12(21(29)30)8-17(15)20(28)26-22-24-6-7-31-22/h2-7,10-15,21H,8-9,16H2,1H3,(H,32,35)(H,33,36)(H,31,34,37);2,5-10,14H,3-4H2,1H3,(H,25,27)(H,29,30)(H,24,26,28). The minimum atomic E-state index is -1.20. The summed E-state index contributed by atoms with van der Waals surface area (Å²) in [6.07, 6.45) is 6.69. The van der Waals surface area contributed by atoms with Gasteiger partial charge in [-0.15, -0.1) is 22.7 Å². The summed E-state index contributed by atoms with van der Waals surface area (Å²) in [5.41, 5.74) is 3.61. The molecule has 6 N–H and O–H groups in total. The number of carbonyl (C=O) groups excluding carboxylic acids is 5. The Morgan fingerprint density at radius 3 is 1.46 bits per heavy atom. The quantitative estimate of drug-likeness (QED) is 0.0613. The van der Waals surface area contributed by atoms with Crippen molar-refractivity contribution in [3.63, 3.8) is 0 Å². The molecule has 14 nitrogen and oxygen atoms in total. The molecule has 5 amide bonds. The molecule has 0 aliphatic heterocycles. The van der Waals surface area contributed by atoms with Gasteiger partial charge in [0.1, 0.15) is 11.6 Å². The van der Waals surface area contributed by atoms with Crippen LogP contribution in [0.4, 0.5) is 19.0 Å². The molecule has 69 heavy (non-hydrogen) atoms. The van der Waals surface area contributed by atoms with Gasteiger partial charge in [-0.2, -0.15) is 0 Å². The van der Waals surface area contributed by atoms with Gasteiger partial charge in [-0.25, -0.2) is 23.5 Å². The third-order valence-electron chi connectivity index (χ3n) is 11.3. The first-order valence-electron chi connectivity index (χ1n) is 21.7. The van der Waals surface area contributed by atoms with Gasteiger partial charge in [-0.3, -0.25) is 34.6 Å². The fraction of sp³-hybridized carbons (Fsp3) is 0.176. The van der Waals surface area contributed by atoms with Crippen molar-refractivity contribution in [3.8, 4) is 22.3 Å². The fourth-order valence-electron chi connectivity index (χ4n) is 7.16. The van der Waals surface area contributed by atoms with E-state index in [2.05, 4.69) is 36.6 Å². The monoisotopic (exact) mass is 967 g/mol. The molecule has 5 aromatic carbocycles. The zero-order chi connectivity index (χ0) is 48.8. The summed E-state index contributed by atoms with van der Waals surface area (Å²) in [5, 5.41) is 27.4. The normalized spacial score (nSPS) is 12.8. The van der Waals surface area contributed by atoms with Crippen molar-refractivity contribution in [2.75, 3.05) is 10.6 Å². The van der Waals surface area contributed by atoms with Crippen LogP contribution in [0.3, 0.4) is 0 Å². The number of halogens is 2. The number of carboxylic acids is 1. The van der Waals surface area contributed by atoms with Gasteiger partial charge >= 0.3 is 5.97 Å². The molecule has 0 unspecified atom stereocenters. The molecule has 0 spiro atoms. The molecule has 350 valence electrons. The predicted octanol–water partition coefficient (Wildman–Crippen LogP) is 9.43. The first-order chi connectivity index (χ1) is 33.2. The number of aromatic carboxylic acids is 1. The maximum atomic E-state index is 15.0. The Kier molecular flexibility index (Phi) is 14.4. The minimum absolute atomic E-state index is 0.0392. The van der Waals surface area contributed by atoms with E-state index in [4.69, 9.17) is 0 Å². The lowest BCUT2D eigenvalue weighted by Gasteiger charge is -2.16. The highest BCUT2D eigenvalue weighted by molar-refractivity contribution is 7.14. The van der Waals surface area contributed by atoms with Gasteiger partial charge in [0.05, 0.1) is 5.56 Å². The molecule has 0 atom stereocenters. The minimum Gasteiger partial charge on any atom is -0.478 e. The molecule has 9 rings (SSSR count). The average Bonchev–Trinajstić information content (AvgIpc) is 4.23. The number of anilines is 2. The number of nitrogens with one attached hydrogen (secondary N) is 5. The number of nitrogens with zero attached hydrogens (tertiary/aromatic N) is 2. The maximum absolute atomic E-state index is 15.0. The fourth-order valence-corrected chi connectivity index (χ4v) is 8.21. The highest BCUT2D eigenvalue weighted by Crippen LogP contribution is 2.34. The summed E-state index contributed by atoms with van der Waals surface area (Å²) >= 11 is 2.46. The number of hydrogen-bond acceptors (Lipinski definition) is 10. The second-order valence-corrected chi connectivity index (χ2v) is 18.1. The molecule has 2 fully saturated rings. The first-order valence-corrected chi connectivity index (χ1v) is 23.5. The van der Waals surface area contributed by atoms with E-state index in [0.717, 1.165) is 37.3 Å². The lowest BCUT2D eigenvalue weighted by molar-refractivity contribution is 0.0695. The van der Waals surface area contributed by atoms with Gasteiger partial charge in [0.25, 0.3) is 29.5 Å². The van der Waals surface area contributed by atoms with E-state index in [9.17, 15) is 42.7 Å². The van der Waals surface area contributed by atoms with Gasteiger partial charge in [-0.1, -0.05) is 42.5 Å².